The van der Waals surface area contributed by atoms with Gasteiger partial charge in [-0.2, -0.15) is 4.37 Å². The average molecular weight is 243 g/mol. The van der Waals surface area contributed by atoms with Gasteiger partial charge in [0.05, 0.1) is 0 Å². The highest BCUT2D eigenvalue weighted by Crippen LogP contribution is 2.20. The monoisotopic (exact) mass is 243 g/mol. The van der Waals surface area contributed by atoms with Crippen LogP contribution in [0.5, 0.6) is 0 Å². The van der Waals surface area contributed by atoms with Crippen LogP contribution in [0.15, 0.2) is 22.8 Å². The average Bonchev–Trinajstić information content (AvgIpc) is 2.62. The van der Waals surface area contributed by atoms with Gasteiger partial charge in [0.1, 0.15) is 6.33 Å². The van der Waals surface area contributed by atoms with Crippen LogP contribution < -0.4 is 5.32 Å². The van der Waals surface area contributed by atoms with E-state index in [0.717, 1.165) is 16.6 Å². The number of nitrogens with zero attached hydrogens (tertiary/aromatic N) is 2. The lowest BCUT2D eigenvalue weighted by Gasteiger charge is -2.21. The molecule has 0 bridgehead atoms. The highest BCUT2D eigenvalue weighted by atomic mass is 32.2. The van der Waals surface area contributed by atoms with Crippen LogP contribution in [0.25, 0.3) is 0 Å². The smallest absolute Gasteiger partial charge is 0.170 e. The minimum Gasteiger partial charge on any atom is -0.308 e. The molecule has 84 valence electrons. The molecule has 0 unspecified atom stereocenters. The fourth-order valence-electron chi connectivity index (χ4n) is 0.832. The van der Waals surface area contributed by atoms with Gasteiger partial charge in [-0.25, -0.2) is 4.98 Å². The first-order chi connectivity index (χ1) is 6.97. The molecule has 0 saturated heterocycles. The van der Waals surface area contributed by atoms with E-state index in [0.29, 0.717) is 0 Å². The minimum atomic E-state index is 0.149. The van der Waals surface area contributed by atoms with Crippen LogP contribution >= 0.6 is 23.3 Å². The maximum Gasteiger partial charge on any atom is 0.170 e. The molecule has 0 saturated carbocycles. The summed E-state index contributed by atoms with van der Waals surface area (Å²) in [4.78, 5) is 4.11. The Morgan fingerprint density at radius 2 is 2.33 bits per heavy atom. The Labute approximate surface area is 99.6 Å². The van der Waals surface area contributed by atoms with Crippen molar-refractivity contribution < 1.29 is 0 Å². The number of hydrogen-bond donors (Lipinski definition) is 1. The van der Waals surface area contributed by atoms with Crippen molar-refractivity contribution in [2.24, 2.45) is 0 Å². The van der Waals surface area contributed by atoms with E-state index in [1.807, 2.05) is 0 Å². The molecule has 0 spiro atoms. The van der Waals surface area contributed by atoms with Gasteiger partial charge in [0.25, 0.3) is 0 Å². The van der Waals surface area contributed by atoms with Crippen molar-refractivity contribution in [1.29, 1.82) is 0 Å². The van der Waals surface area contributed by atoms with Crippen LogP contribution in [0.4, 0.5) is 0 Å². The van der Waals surface area contributed by atoms with E-state index < -0.39 is 0 Å². The Hall–Kier alpha value is -0.390. The third-order valence-electron chi connectivity index (χ3n) is 1.61. The SMILES string of the molecule is C=C(CNC(C)(C)C)CSc1ncns1. The zero-order valence-corrected chi connectivity index (χ0v) is 11.0. The molecular formula is C10H17N3S2. The fourth-order valence-corrected chi connectivity index (χ4v) is 2.18. The number of aromatic nitrogens is 2. The van der Waals surface area contributed by atoms with Gasteiger partial charge in [-0.05, 0) is 32.3 Å². The highest BCUT2D eigenvalue weighted by Gasteiger charge is 2.09. The molecule has 5 heteroatoms. The molecule has 3 nitrogen and oxygen atoms in total. The second-order valence-electron chi connectivity index (χ2n) is 4.35. The molecule has 0 aliphatic rings. The Morgan fingerprint density at radius 3 is 2.87 bits per heavy atom. The molecule has 0 fully saturated rings. The first-order valence-electron chi connectivity index (χ1n) is 4.78. The van der Waals surface area contributed by atoms with Crippen LogP contribution in [-0.4, -0.2) is 27.2 Å². The lowest BCUT2D eigenvalue weighted by Crippen LogP contribution is -2.37. The van der Waals surface area contributed by atoms with E-state index in [1.165, 1.54) is 17.1 Å². The Kier molecular flexibility index (Phi) is 4.76. The van der Waals surface area contributed by atoms with Gasteiger partial charge in [-0.3, -0.25) is 0 Å². The maximum atomic E-state index is 4.11. The van der Waals surface area contributed by atoms with Crippen LogP contribution in [-0.2, 0) is 0 Å². The second-order valence-corrected chi connectivity index (χ2v) is 6.35. The number of hydrogen-bond acceptors (Lipinski definition) is 5. The van der Waals surface area contributed by atoms with Crippen molar-refractivity contribution in [2.75, 3.05) is 12.3 Å². The van der Waals surface area contributed by atoms with E-state index in [2.05, 4.69) is 42.0 Å². The van der Waals surface area contributed by atoms with Gasteiger partial charge in [0.15, 0.2) is 4.34 Å². The fraction of sp³-hybridized carbons (Fsp3) is 0.600. The summed E-state index contributed by atoms with van der Waals surface area (Å²) in [6, 6.07) is 0. The third kappa shape index (κ3) is 5.92. The molecule has 0 atom stereocenters. The molecule has 1 rings (SSSR count). The van der Waals surface area contributed by atoms with Gasteiger partial charge >= 0.3 is 0 Å². The Morgan fingerprint density at radius 1 is 1.60 bits per heavy atom. The van der Waals surface area contributed by atoms with Gasteiger partial charge in [-0.15, -0.1) is 0 Å². The molecule has 0 aromatic carbocycles. The molecule has 0 aliphatic carbocycles. The topological polar surface area (TPSA) is 37.8 Å². The Balaban J connectivity index is 2.20. The summed E-state index contributed by atoms with van der Waals surface area (Å²) >= 11 is 3.12. The summed E-state index contributed by atoms with van der Waals surface area (Å²) < 4.78 is 4.96. The second kappa shape index (κ2) is 5.63. The van der Waals surface area contributed by atoms with Gasteiger partial charge in [-0.1, -0.05) is 23.9 Å². The minimum absolute atomic E-state index is 0.149. The lowest BCUT2D eigenvalue weighted by molar-refractivity contribution is 0.445. The molecular weight excluding hydrogens is 226 g/mol. The zero-order chi connectivity index (χ0) is 11.3. The van der Waals surface area contributed by atoms with Crippen molar-refractivity contribution in [1.82, 2.24) is 14.7 Å². The summed E-state index contributed by atoms with van der Waals surface area (Å²) in [5.41, 5.74) is 1.33. The molecule has 0 amide bonds. The van der Waals surface area contributed by atoms with Crippen molar-refractivity contribution in [3.63, 3.8) is 0 Å². The summed E-state index contributed by atoms with van der Waals surface area (Å²) in [5, 5.41) is 3.41. The molecule has 1 heterocycles. The van der Waals surface area contributed by atoms with Crippen molar-refractivity contribution >= 4 is 23.3 Å². The van der Waals surface area contributed by atoms with Crippen molar-refractivity contribution in [2.45, 2.75) is 30.6 Å². The summed E-state index contributed by atoms with van der Waals surface area (Å²) in [5.74, 6) is 0.901. The number of thioether (sulfide) groups is 1. The predicted octanol–water partition coefficient (Wildman–Crippen LogP) is 2.57. The van der Waals surface area contributed by atoms with Crippen molar-refractivity contribution in [3.05, 3.63) is 18.5 Å². The largest absolute Gasteiger partial charge is 0.308 e. The number of nitrogens with one attached hydrogen (secondary N) is 1. The van der Waals surface area contributed by atoms with Crippen LogP contribution in [0.2, 0.25) is 0 Å². The molecule has 1 aromatic rings. The van der Waals surface area contributed by atoms with E-state index in [1.54, 1.807) is 18.1 Å². The maximum absolute atomic E-state index is 4.11. The normalized spacial score (nSPS) is 11.7. The predicted molar refractivity (Wildman–Crippen MR) is 67.5 cm³/mol. The van der Waals surface area contributed by atoms with E-state index >= 15 is 0 Å². The molecule has 0 radical (unpaired) electrons. The summed E-state index contributed by atoms with van der Waals surface area (Å²) in [7, 11) is 0. The molecule has 1 N–H and O–H groups in total. The highest BCUT2D eigenvalue weighted by molar-refractivity contribution is 8.01. The van der Waals surface area contributed by atoms with E-state index in [-0.39, 0.29) is 5.54 Å². The van der Waals surface area contributed by atoms with E-state index in [9.17, 15) is 0 Å². The van der Waals surface area contributed by atoms with Crippen molar-refractivity contribution in [3.8, 4) is 0 Å². The first kappa shape index (κ1) is 12.7. The quantitative estimate of drug-likeness (QED) is 0.637. The first-order valence-corrected chi connectivity index (χ1v) is 6.54. The standard InChI is InChI=1S/C10H17N3S2/c1-8(5-12-10(2,3)4)6-14-9-11-7-13-15-9/h7,12H,1,5-6H2,2-4H3. The Bertz CT molecular complexity index is 301. The van der Waals surface area contributed by atoms with Crippen LogP contribution in [0, 0.1) is 0 Å². The van der Waals surface area contributed by atoms with Crippen LogP contribution in [0.1, 0.15) is 20.8 Å². The molecule has 0 aliphatic heterocycles. The van der Waals surface area contributed by atoms with Crippen LogP contribution in [0.3, 0.4) is 0 Å². The zero-order valence-electron chi connectivity index (χ0n) is 9.41. The van der Waals surface area contributed by atoms with Gasteiger partial charge < -0.3 is 5.32 Å². The summed E-state index contributed by atoms with van der Waals surface area (Å²) in [6.45, 7) is 11.3. The van der Waals surface area contributed by atoms with E-state index in [4.69, 9.17) is 0 Å². The molecule has 1 aromatic heterocycles. The van der Waals surface area contributed by atoms with Gasteiger partial charge in [0.2, 0.25) is 0 Å². The summed E-state index contributed by atoms with van der Waals surface area (Å²) in [6.07, 6.45) is 1.59. The lowest BCUT2D eigenvalue weighted by atomic mass is 10.1. The number of rotatable bonds is 5. The third-order valence-corrected chi connectivity index (χ3v) is 3.55. The molecule has 15 heavy (non-hydrogen) atoms. The van der Waals surface area contributed by atoms with Gasteiger partial charge in [0, 0.05) is 17.8 Å².